The SMILES string of the molecule is COc1ccc(-c2nnc(NC(=O)c3ccccc3NS(C)(=O)=O)s2)cc1. The number of hydrogen-bond donors (Lipinski definition) is 2. The summed E-state index contributed by atoms with van der Waals surface area (Å²) in [5.74, 6) is 0.242. The van der Waals surface area contributed by atoms with Crippen LogP contribution in [0.2, 0.25) is 0 Å². The Morgan fingerprint density at radius 2 is 1.78 bits per heavy atom. The zero-order chi connectivity index (χ0) is 19.4. The highest BCUT2D eigenvalue weighted by Gasteiger charge is 2.16. The molecule has 0 unspecified atom stereocenters. The monoisotopic (exact) mass is 404 g/mol. The summed E-state index contributed by atoms with van der Waals surface area (Å²) in [5, 5.41) is 11.6. The molecule has 0 fully saturated rings. The third-order valence-electron chi connectivity index (χ3n) is 3.45. The number of carbonyl (C=O) groups is 1. The van der Waals surface area contributed by atoms with Gasteiger partial charge in [0.2, 0.25) is 15.2 Å². The van der Waals surface area contributed by atoms with Crippen molar-refractivity contribution in [2.45, 2.75) is 0 Å². The number of nitrogens with zero attached hydrogens (tertiary/aromatic N) is 2. The Balaban J connectivity index is 1.78. The van der Waals surface area contributed by atoms with E-state index in [9.17, 15) is 13.2 Å². The number of anilines is 2. The van der Waals surface area contributed by atoms with E-state index < -0.39 is 15.9 Å². The van der Waals surface area contributed by atoms with Crippen molar-refractivity contribution >= 4 is 38.1 Å². The average molecular weight is 404 g/mol. The second-order valence-electron chi connectivity index (χ2n) is 5.51. The van der Waals surface area contributed by atoms with Gasteiger partial charge in [-0.2, -0.15) is 0 Å². The van der Waals surface area contributed by atoms with Gasteiger partial charge in [-0.15, -0.1) is 10.2 Å². The third kappa shape index (κ3) is 4.80. The fraction of sp³-hybridized carbons (Fsp3) is 0.118. The summed E-state index contributed by atoms with van der Waals surface area (Å²) in [6.45, 7) is 0. The fourth-order valence-corrected chi connectivity index (χ4v) is 3.58. The second kappa shape index (κ2) is 7.72. The van der Waals surface area contributed by atoms with Gasteiger partial charge in [-0.05, 0) is 36.4 Å². The van der Waals surface area contributed by atoms with E-state index in [1.807, 2.05) is 24.3 Å². The number of para-hydroxylation sites is 1. The predicted octanol–water partition coefficient (Wildman–Crippen LogP) is 2.84. The molecule has 140 valence electrons. The van der Waals surface area contributed by atoms with E-state index in [-0.39, 0.29) is 11.3 Å². The smallest absolute Gasteiger partial charge is 0.259 e. The molecule has 1 heterocycles. The zero-order valence-corrected chi connectivity index (χ0v) is 16.1. The van der Waals surface area contributed by atoms with Crippen LogP contribution < -0.4 is 14.8 Å². The first-order chi connectivity index (χ1) is 12.9. The predicted molar refractivity (Wildman–Crippen MR) is 105 cm³/mol. The van der Waals surface area contributed by atoms with Crippen molar-refractivity contribution < 1.29 is 17.9 Å². The number of nitrogens with one attached hydrogen (secondary N) is 2. The molecule has 3 rings (SSSR count). The molecule has 0 saturated heterocycles. The molecule has 1 amide bonds. The minimum absolute atomic E-state index is 0.184. The van der Waals surface area contributed by atoms with Crippen molar-refractivity contribution in [1.29, 1.82) is 0 Å². The van der Waals surface area contributed by atoms with Crippen molar-refractivity contribution in [2.24, 2.45) is 0 Å². The van der Waals surface area contributed by atoms with Gasteiger partial charge in [0.25, 0.3) is 5.91 Å². The van der Waals surface area contributed by atoms with Gasteiger partial charge in [-0.25, -0.2) is 8.42 Å². The summed E-state index contributed by atoms with van der Waals surface area (Å²) in [5.41, 5.74) is 1.22. The fourth-order valence-electron chi connectivity index (χ4n) is 2.26. The number of rotatable bonds is 6. The molecule has 2 aromatic carbocycles. The van der Waals surface area contributed by atoms with E-state index in [1.165, 1.54) is 23.5 Å². The first-order valence-electron chi connectivity index (χ1n) is 7.72. The summed E-state index contributed by atoms with van der Waals surface area (Å²) < 4.78 is 30.4. The van der Waals surface area contributed by atoms with Crippen LogP contribution in [0.1, 0.15) is 10.4 Å². The molecule has 0 aliphatic heterocycles. The van der Waals surface area contributed by atoms with Crippen LogP contribution in [0.15, 0.2) is 48.5 Å². The molecule has 0 saturated carbocycles. The number of amides is 1. The van der Waals surface area contributed by atoms with Gasteiger partial charge in [0.15, 0.2) is 0 Å². The molecule has 27 heavy (non-hydrogen) atoms. The largest absolute Gasteiger partial charge is 0.497 e. The van der Waals surface area contributed by atoms with Crippen LogP contribution in [0.25, 0.3) is 10.6 Å². The van der Waals surface area contributed by atoms with Gasteiger partial charge in [-0.1, -0.05) is 23.5 Å². The minimum atomic E-state index is -3.51. The van der Waals surface area contributed by atoms with Gasteiger partial charge >= 0.3 is 0 Å². The maximum Gasteiger partial charge on any atom is 0.259 e. The Kier molecular flexibility index (Phi) is 5.38. The molecule has 8 nitrogen and oxygen atoms in total. The van der Waals surface area contributed by atoms with Crippen molar-refractivity contribution in [1.82, 2.24) is 10.2 Å². The quantitative estimate of drug-likeness (QED) is 0.654. The van der Waals surface area contributed by atoms with Crippen LogP contribution in [0, 0.1) is 0 Å². The Hall–Kier alpha value is -2.98. The highest BCUT2D eigenvalue weighted by atomic mass is 32.2. The number of benzene rings is 2. The van der Waals surface area contributed by atoms with Gasteiger partial charge in [-0.3, -0.25) is 14.8 Å². The third-order valence-corrected chi connectivity index (χ3v) is 4.93. The van der Waals surface area contributed by atoms with Gasteiger partial charge in [0, 0.05) is 5.56 Å². The lowest BCUT2D eigenvalue weighted by Crippen LogP contribution is -2.17. The van der Waals surface area contributed by atoms with Crippen LogP contribution in [0.4, 0.5) is 10.8 Å². The van der Waals surface area contributed by atoms with Crippen molar-refractivity contribution in [2.75, 3.05) is 23.4 Å². The highest BCUT2D eigenvalue weighted by Crippen LogP contribution is 2.28. The molecular formula is C17H16N4O4S2. The maximum absolute atomic E-state index is 12.5. The standard InChI is InChI=1S/C17H16N4O4S2/c1-25-12-9-7-11(8-10-12)16-19-20-17(26-16)18-15(22)13-5-3-4-6-14(13)21-27(2,23)24/h3-10,21H,1-2H3,(H,18,20,22). The molecule has 1 aromatic heterocycles. The number of ether oxygens (including phenoxy) is 1. The lowest BCUT2D eigenvalue weighted by Gasteiger charge is -2.09. The summed E-state index contributed by atoms with van der Waals surface area (Å²) >= 11 is 1.21. The summed E-state index contributed by atoms with van der Waals surface area (Å²) in [7, 11) is -1.92. The molecule has 2 N–H and O–H groups in total. The normalized spacial score (nSPS) is 11.0. The average Bonchev–Trinajstić information content (AvgIpc) is 3.09. The number of aromatic nitrogens is 2. The minimum Gasteiger partial charge on any atom is -0.497 e. The van der Waals surface area contributed by atoms with Gasteiger partial charge in [0.1, 0.15) is 10.8 Å². The van der Waals surface area contributed by atoms with E-state index in [0.29, 0.717) is 10.1 Å². The molecule has 10 heteroatoms. The van der Waals surface area contributed by atoms with Crippen LogP contribution in [0.3, 0.4) is 0 Å². The van der Waals surface area contributed by atoms with Crippen LogP contribution >= 0.6 is 11.3 Å². The highest BCUT2D eigenvalue weighted by molar-refractivity contribution is 7.92. The van der Waals surface area contributed by atoms with E-state index in [0.717, 1.165) is 17.6 Å². The first kappa shape index (κ1) is 18.8. The Morgan fingerprint density at radius 1 is 1.07 bits per heavy atom. The number of sulfonamides is 1. The summed E-state index contributed by atoms with van der Waals surface area (Å²) in [6, 6.07) is 13.6. The summed E-state index contributed by atoms with van der Waals surface area (Å²) in [4.78, 5) is 12.5. The number of methoxy groups -OCH3 is 1. The van der Waals surface area contributed by atoms with Crippen LogP contribution in [0.5, 0.6) is 5.75 Å². The molecule has 0 radical (unpaired) electrons. The van der Waals surface area contributed by atoms with Crippen molar-refractivity contribution in [3.63, 3.8) is 0 Å². The second-order valence-corrected chi connectivity index (χ2v) is 8.24. The molecule has 0 bridgehead atoms. The Labute approximate surface area is 160 Å². The number of carbonyl (C=O) groups excluding carboxylic acids is 1. The van der Waals surface area contributed by atoms with E-state index in [1.54, 1.807) is 19.2 Å². The van der Waals surface area contributed by atoms with Crippen LogP contribution in [-0.4, -0.2) is 37.9 Å². The molecular weight excluding hydrogens is 388 g/mol. The number of hydrogen-bond acceptors (Lipinski definition) is 7. The lowest BCUT2D eigenvalue weighted by molar-refractivity contribution is 0.102. The molecule has 0 spiro atoms. The van der Waals surface area contributed by atoms with Gasteiger partial charge in [0.05, 0.1) is 24.6 Å². The topological polar surface area (TPSA) is 110 Å². The first-order valence-corrected chi connectivity index (χ1v) is 10.4. The van der Waals surface area contributed by atoms with Gasteiger partial charge < -0.3 is 4.74 Å². The Bertz CT molecular complexity index is 1060. The lowest BCUT2D eigenvalue weighted by atomic mass is 10.2. The van der Waals surface area contributed by atoms with Crippen molar-refractivity contribution in [3.05, 3.63) is 54.1 Å². The molecule has 0 aliphatic rings. The molecule has 0 atom stereocenters. The zero-order valence-electron chi connectivity index (χ0n) is 14.5. The summed E-state index contributed by atoms with van der Waals surface area (Å²) in [6.07, 6.45) is 1.02. The molecule has 0 aliphatic carbocycles. The van der Waals surface area contributed by atoms with Crippen LogP contribution in [-0.2, 0) is 10.0 Å². The van der Waals surface area contributed by atoms with Crippen molar-refractivity contribution in [3.8, 4) is 16.3 Å². The van der Waals surface area contributed by atoms with E-state index in [4.69, 9.17) is 4.74 Å². The Morgan fingerprint density at radius 3 is 2.44 bits per heavy atom. The van der Waals surface area contributed by atoms with E-state index >= 15 is 0 Å². The van der Waals surface area contributed by atoms with E-state index in [2.05, 4.69) is 20.2 Å². The maximum atomic E-state index is 12.5. The molecule has 3 aromatic rings.